The van der Waals surface area contributed by atoms with E-state index in [2.05, 4.69) is 619 Å². The lowest BCUT2D eigenvalue weighted by Gasteiger charge is -2.31. The Kier molecular flexibility index (Phi) is 33.6. The van der Waals surface area contributed by atoms with Crippen LogP contribution in [0.3, 0.4) is 0 Å². The van der Waals surface area contributed by atoms with Crippen molar-refractivity contribution in [2.24, 2.45) is 0 Å². The quantitative estimate of drug-likeness (QED) is 0.133. The third-order valence-electron chi connectivity index (χ3n) is 28.1. The summed E-state index contributed by atoms with van der Waals surface area (Å²) in [6.45, 7) is 82.6. The van der Waals surface area contributed by atoms with Gasteiger partial charge in [0.25, 0.3) is 0 Å². The molecule has 746 valence electrons. The fourth-order valence-electron chi connectivity index (χ4n) is 18.5. The monoisotopic (exact) mass is 1900 g/mol. The van der Waals surface area contributed by atoms with Crippen LogP contribution in [-0.2, 0) is 65.0 Å². The van der Waals surface area contributed by atoms with Crippen LogP contribution >= 0.6 is 0 Å². The first-order chi connectivity index (χ1) is 67.0. The molecule has 0 aliphatic rings. The molecule has 0 aromatic heterocycles. The van der Waals surface area contributed by atoms with E-state index < -0.39 is 0 Å². The highest BCUT2D eigenvalue weighted by Gasteiger charge is 2.31. The van der Waals surface area contributed by atoms with Gasteiger partial charge >= 0.3 is 0 Å². The van der Waals surface area contributed by atoms with E-state index in [1.54, 1.807) is 0 Å². The van der Waals surface area contributed by atoms with Crippen molar-refractivity contribution < 1.29 is 0 Å². The molecule has 0 heterocycles. The van der Waals surface area contributed by atoms with Gasteiger partial charge in [-0.05, 0) is 271 Å². The first-order valence-corrected chi connectivity index (χ1v) is 52.7. The normalized spacial score (nSPS) is 12.4. The van der Waals surface area contributed by atoms with Gasteiger partial charge in [-0.2, -0.15) is 0 Å². The van der Waals surface area contributed by atoms with E-state index in [9.17, 15) is 0 Å². The molecule has 144 heavy (non-hydrogen) atoms. The average molecular weight is 1900 g/mol. The highest BCUT2D eigenvalue weighted by Crippen LogP contribution is 2.47. The molecule has 17 aromatic rings. The van der Waals surface area contributed by atoms with Crippen LogP contribution in [0.2, 0.25) is 0 Å². The minimum Gasteiger partial charge on any atom is -0.0622 e. The fourth-order valence-corrected chi connectivity index (χ4v) is 18.5. The Balaban J connectivity index is 0.000000158. The standard InChI is InChI=1S/C38H54.C30H38.C22H20.C22H22.2C16H18/c1-34(2,3)27-19-25(20-28(23-27)35(4,5)6)31-17-16-18-32(33(31)38(13,14)15)26-21-29(36(7,8)9)24-30(22-26)37(10,11)12;1-28(2,3)25-14-10-21(11-15-25)23-18-24(20-27(19-23)30(7,8)9)22-12-16-26(17-13-22)29(4,5)6;1-22(2,3)15-12-13-20-18-10-5-4-8-16(18)17-9-6-7-11-19(17)21(20)14-15;1-22(2,3)21-15-19(17-10-6-4-7-11-17)14-20(16-21)18-12-8-5-9-13-18;1-16(2,3)15-11-7-10-14(12-15)13-8-5-4-6-9-13;1-16(2,3)15-11-9-14(10-12-15)13-7-5-4-6-8-13/h16-24H,1-15H3;10-20H,1-9H3;4-14H,1-3H3;4-16H,1-3H3;2*4-12H,1-3H3. The van der Waals surface area contributed by atoms with Crippen LogP contribution in [0.1, 0.15) is 316 Å². The van der Waals surface area contributed by atoms with Crippen LogP contribution in [0.15, 0.2) is 376 Å². The molecule has 17 rings (SSSR count). The van der Waals surface area contributed by atoms with Crippen molar-refractivity contribution in [3.63, 3.8) is 0 Å². The molecule has 0 heteroatoms. The number of rotatable bonds is 8. The maximum absolute atomic E-state index is 2.44. The molecule has 17 aromatic carbocycles. The zero-order valence-corrected chi connectivity index (χ0v) is 94.8. The van der Waals surface area contributed by atoms with Gasteiger partial charge in [-0.15, -0.1) is 0 Å². The van der Waals surface area contributed by atoms with Gasteiger partial charge in [0.15, 0.2) is 0 Å². The SMILES string of the molecule is CC(C)(C)c1cc(-c2cccc(-c3cc(C(C)(C)C)cc(C(C)(C)C)c3)c2C(C)(C)C)cc(C(C)(C)C)c1.CC(C)(C)c1cc(-c2ccccc2)cc(-c2ccccc2)c1.CC(C)(C)c1ccc(-c2cc(-c3ccc(C(C)(C)C)cc3)cc(C(C)(C)C)c2)cc1.CC(C)(C)c1ccc(-c2ccccc2)cc1.CC(C)(C)c1ccc2c3ccccc3c3ccccc3c2c1.CC(C)(C)c1cccc(-c2ccccc2)c1. The zero-order chi connectivity index (χ0) is 105. The summed E-state index contributed by atoms with van der Waals surface area (Å²) >= 11 is 0. The van der Waals surface area contributed by atoms with Crippen LogP contribution in [0.5, 0.6) is 0 Å². The molecule has 0 amide bonds. The molecule has 0 aliphatic carbocycles. The lowest BCUT2D eigenvalue weighted by molar-refractivity contribution is 0.568. The smallest absolute Gasteiger partial charge is 0.00960 e. The third-order valence-corrected chi connectivity index (χ3v) is 28.1. The van der Waals surface area contributed by atoms with Gasteiger partial charge in [0.1, 0.15) is 0 Å². The fraction of sp³-hybridized carbons (Fsp3) is 0.333. The Morgan fingerprint density at radius 1 is 0.0972 bits per heavy atom. The minimum atomic E-state index is -0.0226. The molecule has 0 fully saturated rings. The van der Waals surface area contributed by atoms with Crippen LogP contribution in [0.25, 0.3) is 121 Å². The summed E-state index contributed by atoms with van der Waals surface area (Å²) in [5.41, 5.74) is 38.9. The predicted molar refractivity (Wildman–Crippen MR) is 639 cm³/mol. The van der Waals surface area contributed by atoms with Gasteiger partial charge in [-0.1, -0.05) is 607 Å². The van der Waals surface area contributed by atoms with E-state index in [4.69, 9.17) is 0 Å². The predicted octanol–water partition coefficient (Wildman–Crippen LogP) is 42.5. The third kappa shape index (κ3) is 28.8. The lowest BCUT2D eigenvalue weighted by atomic mass is 9.73. The molecule has 0 bridgehead atoms. The van der Waals surface area contributed by atoms with Crippen LogP contribution < -0.4 is 0 Å². The summed E-state index contributed by atoms with van der Waals surface area (Å²) in [5.74, 6) is 0. The summed E-state index contributed by atoms with van der Waals surface area (Å²) in [5, 5.41) is 8.09. The summed E-state index contributed by atoms with van der Waals surface area (Å²) < 4.78 is 0. The van der Waals surface area contributed by atoms with Gasteiger partial charge in [-0.3, -0.25) is 0 Å². The second-order valence-corrected chi connectivity index (χ2v) is 52.6. The van der Waals surface area contributed by atoms with E-state index in [1.807, 2.05) is 6.07 Å². The Morgan fingerprint density at radius 2 is 0.285 bits per heavy atom. The van der Waals surface area contributed by atoms with E-state index in [-0.39, 0.29) is 65.0 Å². The summed E-state index contributed by atoms with van der Waals surface area (Å²) in [6, 6.07) is 138. The maximum atomic E-state index is 2.44. The van der Waals surface area contributed by atoms with Crippen molar-refractivity contribution in [3.8, 4) is 89.0 Å². The maximum Gasteiger partial charge on any atom is -0.00960 e. The molecule has 0 N–H and O–H groups in total. The van der Waals surface area contributed by atoms with E-state index >= 15 is 0 Å². The largest absolute Gasteiger partial charge is 0.0622 e. The van der Waals surface area contributed by atoms with Crippen molar-refractivity contribution in [1.29, 1.82) is 0 Å². The minimum absolute atomic E-state index is 0.0226. The molecule has 0 spiro atoms. The second-order valence-electron chi connectivity index (χ2n) is 52.6. The molecule has 0 radical (unpaired) electrons. The highest BCUT2D eigenvalue weighted by atomic mass is 14.4. The molecule has 0 saturated carbocycles. The van der Waals surface area contributed by atoms with E-state index in [1.165, 1.54) is 188 Å². The molecular formula is C144H170. The Labute approximate surface area is 872 Å². The first-order valence-electron chi connectivity index (χ1n) is 52.7. The van der Waals surface area contributed by atoms with Crippen molar-refractivity contribution in [1.82, 2.24) is 0 Å². The van der Waals surface area contributed by atoms with Gasteiger partial charge in [-0.25, -0.2) is 0 Å². The highest BCUT2D eigenvalue weighted by molar-refractivity contribution is 6.25. The van der Waals surface area contributed by atoms with Crippen LogP contribution in [0, 0.1) is 0 Å². The number of hydrogen-bond acceptors (Lipinski definition) is 0. The van der Waals surface area contributed by atoms with E-state index in [0.717, 1.165) is 0 Å². The Hall–Kier alpha value is -12.5. The first kappa shape index (κ1) is 110. The summed E-state index contributed by atoms with van der Waals surface area (Å²) in [7, 11) is 0. The van der Waals surface area contributed by atoms with Crippen molar-refractivity contribution in [2.45, 2.75) is 314 Å². The van der Waals surface area contributed by atoms with Gasteiger partial charge in [0, 0.05) is 0 Å². The number of hydrogen-bond donors (Lipinski definition) is 0. The van der Waals surface area contributed by atoms with Gasteiger partial charge in [0.05, 0.1) is 0 Å². The molecule has 0 nitrogen and oxygen atoms in total. The zero-order valence-electron chi connectivity index (χ0n) is 94.8. The molecule has 0 unspecified atom stereocenters. The van der Waals surface area contributed by atoms with Crippen molar-refractivity contribution >= 4 is 32.3 Å². The van der Waals surface area contributed by atoms with Crippen molar-refractivity contribution in [3.05, 3.63) is 443 Å². The van der Waals surface area contributed by atoms with Gasteiger partial charge in [0.2, 0.25) is 0 Å². The summed E-state index contributed by atoms with van der Waals surface area (Å²) in [6.07, 6.45) is 0. The number of benzene rings is 17. The van der Waals surface area contributed by atoms with Crippen LogP contribution in [-0.4, -0.2) is 0 Å². The van der Waals surface area contributed by atoms with Crippen molar-refractivity contribution in [2.75, 3.05) is 0 Å². The number of fused-ring (bicyclic) bond motifs is 6. The molecule has 0 aliphatic heterocycles. The Morgan fingerprint density at radius 3 is 0.556 bits per heavy atom. The molecule has 0 saturated heterocycles. The Bertz CT molecular complexity index is 6820. The topological polar surface area (TPSA) is 0 Å². The van der Waals surface area contributed by atoms with E-state index in [0.29, 0.717) is 0 Å². The summed E-state index contributed by atoms with van der Waals surface area (Å²) in [4.78, 5) is 0. The molecule has 0 atom stereocenters. The second kappa shape index (κ2) is 43.8. The van der Waals surface area contributed by atoms with Crippen LogP contribution in [0.4, 0.5) is 0 Å². The average Bonchev–Trinajstić information content (AvgIpc) is 0.741. The molecular weight excluding hydrogens is 1730 g/mol. The lowest BCUT2D eigenvalue weighted by Crippen LogP contribution is -2.19. The van der Waals surface area contributed by atoms with Gasteiger partial charge < -0.3 is 0 Å².